The SMILES string of the molecule is CC(C)(C)c1ccc2nnc(C3CCN(c4ccnc(C5CC5)n4)CC3)n2n1. The Morgan fingerprint density at radius 3 is 2.43 bits per heavy atom. The predicted octanol–water partition coefficient (Wildman–Crippen LogP) is 3.47. The van der Waals surface area contributed by atoms with Gasteiger partial charge in [-0.2, -0.15) is 9.61 Å². The highest BCUT2D eigenvalue weighted by atomic mass is 15.4. The second kappa shape index (κ2) is 6.50. The van der Waals surface area contributed by atoms with Crippen LogP contribution < -0.4 is 4.90 Å². The van der Waals surface area contributed by atoms with Crippen molar-refractivity contribution in [1.29, 1.82) is 0 Å². The molecule has 4 heterocycles. The molecule has 0 unspecified atom stereocenters. The normalized spacial score (nSPS) is 18.8. The second-order valence-corrected chi connectivity index (χ2v) is 9.11. The van der Waals surface area contributed by atoms with Crippen molar-refractivity contribution < 1.29 is 0 Å². The zero-order chi connectivity index (χ0) is 19.3. The summed E-state index contributed by atoms with van der Waals surface area (Å²) >= 11 is 0. The van der Waals surface area contributed by atoms with Gasteiger partial charge in [0.2, 0.25) is 0 Å². The number of hydrogen-bond acceptors (Lipinski definition) is 6. The Morgan fingerprint density at radius 1 is 0.929 bits per heavy atom. The Hall–Kier alpha value is -2.57. The molecule has 0 radical (unpaired) electrons. The van der Waals surface area contributed by atoms with E-state index in [2.05, 4.69) is 46.9 Å². The molecule has 0 aromatic carbocycles. The van der Waals surface area contributed by atoms with Gasteiger partial charge in [-0.1, -0.05) is 20.8 Å². The first kappa shape index (κ1) is 17.5. The molecule has 1 saturated heterocycles. The van der Waals surface area contributed by atoms with Gasteiger partial charge in [0.05, 0.1) is 5.69 Å². The minimum atomic E-state index is 0.00533. The van der Waals surface area contributed by atoms with E-state index >= 15 is 0 Å². The summed E-state index contributed by atoms with van der Waals surface area (Å²) in [5.74, 6) is 4.03. The largest absolute Gasteiger partial charge is 0.356 e. The Labute approximate surface area is 165 Å². The van der Waals surface area contributed by atoms with Crippen molar-refractivity contribution in [2.45, 2.75) is 63.7 Å². The van der Waals surface area contributed by atoms with E-state index in [0.717, 1.165) is 54.7 Å². The maximum atomic E-state index is 4.85. The zero-order valence-corrected chi connectivity index (χ0v) is 16.8. The minimum absolute atomic E-state index is 0.00533. The monoisotopic (exact) mass is 377 g/mol. The first-order valence-electron chi connectivity index (χ1n) is 10.3. The maximum Gasteiger partial charge on any atom is 0.177 e. The lowest BCUT2D eigenvalue weighted by atomic mass is 9.92. The van der Waals surface area contributed by atoms with Gasteiger partial charge in [-0.05, 0) is 43.9 Å². The van der Waals surface area contributed by atoms with Crippen LogP contribution in [0.15, 0.2) is 24.4 Å². The number of nitrogens with zero attached hydrogens (tertiary/aromatic N) is 7. The highest BCUT2D eigenvalue weighted by molar-refractivity contribution is 5.40. The Bertz CT molecular complexity index is 991. The molecule has 3 aromatic heterocycles. The van der Waals surface area contributed by atoms with E-state index in [-0.39, 0.29) is 5.41 Å². The van der Waals surface area contributed by atoms with Gasteiger partial charge in [0.15, 0.2) is 11.5 Å². The molecule has 0 amide bonds. The van der Waals surface area contributed by atoms with Gasteiger partial charge in [-0.3, -0.25) is 0 Å². The van der Waals surface area contributed by atoms with Crippen LogP contribution in [0, 0.1) is 0 Å². The van der Waals surface area contributed by atoms with Crippen molar-refractivity contribution in [2.75, 3.05) is 18.0 Å². The summed E-state index contributed by atoms with van der Waals surface area (Å²) in [5, 5.41) is 13.7. The molecule has 2 fully saturated rings. The van der Waals surface area contributed by atoms with Gasteiger partial charge in [0.25, 0.3) is 0 Å². The molecule has 1 aliphatic heterocycles. The van der Waals surface area contributed by atoms with Gasteiger partial charge >= 0.3 is 0 Å². The average molecular weight is 377 g/mol. The molecule has 1 aliphatic carbocycles. The van der Waals surface area contributed by atoms with Gasteiger partial charge in [-0.25, -0.2) is 9.97 Å². The van der Waals surface area contributed by atoms with Gasteiger partial charge in [-0.15, -0.1) is 10.2 Å². The highest BCUT2D eigenvalue weighted by Crippen LogP contribution is 2.38. The molecule has 0 atom stereocenters. The van der Waals surface area contributed by atoms with Crippen molar-refractivity contribution in [1.82, 2.24) is 29.8 Å². The van der Waals surface area contributed by atoms with Crippen LogP contribution in [-0.4, -0.2) is 42.9 Å². The summed E-state index contributed by atoms with van der Waals surface area (Å²) in [6.07, 6.45) is 6.44. The summed E-state index contributed by atoms with van der Waals surface area (Å²) < 4.78 is 1.96. The van der Waals surface area contributed by atoms with Crippen LogP contribution in [-0.2, 0) is 5.41 Å². The third-order valence-electron chi connectivity index (χ3n) is 5.84. The third kappa shape index (κ3) is 3.23. The number of anilines is 1. The standard InChI is InChI=1S/C21H27N7/c1-21(2,3)16-6-7-18-24-25-20(28(18)26-16)15-9-12-27(13-10-15)17-8-11-22-19(23-17)14-4-5-14/h6-8,11,14-15H,4-5,9-10,12-13H2,1-3H3. The Kier molecular flexibility index (Phi) is 4.07. The lowest BCUT2D eigenvalue weighted by Gasteiger charge is -2.32. The maximum absolute atomic E-state index is 4.85. The van der Waals surface area contributed by atoms with Crippen LogP contribution in [0.4, 0.5) is 5.82 Å². The molecule has 0 N–H and O–H groups in total. The number of aromatic nitrogens is 6. The number of piperidine rings is 1. The average Bonchev–Trinajstić information content (AvgIpc) is 3.47. The molecule has 0 bridgehead atoms. The van der Waals surface area contributed by atoms with E-state index in [9.17, 15) is 0 Å². The van der Waals surface area contributed by atoms with E-state index in [4.69, 9.17) is 10.1 Å². The summed E-state index contributed by atoms with van der Waals surface area (Å²) in [6.45, 7) is 8.49. The zero-order valence-electron chi connectivity index (χ0n) is 16.8. The van der Waals surface area contributed by atoms with E-state index < -0.39 is 0 Å². The Morgan fingerprint density at radius 2 is 1.71 bits per heavy atom. The van der Waals surface area contributed by atoms with Crippen molar-refractivity contribution in [2.24, 2.45) is 0 Å². The van der Waals surface area contributed by atoms with Crippen LogP contribution in [0.3, 0.4) is 0 Å². The fourth-order valence-corrected chi connectivity index (χ4v) is 3.90. The lowest BCUT2D eigenvalue weighted by molar-refractivity contribution is 0.470. The molecule has 1 saturated carbocycles. The molecule has 2 aliphatic rings. The van der Waals surface area contributed by atoms with Gasteiger partial charge in [0.1, 0.15) is 11.6 Å². The molecular weight excluding hydrogens is 350 g/mol. The fraction of sp³-hybridized carbons (Fsp3) is 0.571. The summed E-state index contributed by atoms with van der Waals surface area (Å²) in [5.41, 5.74) is 1.90. The van der Waals surface area contributed by atoms with Crippen LogP contribution in [0.25, 0.3) is 5.65 Å². The van der Waals surface area contributed by atoms with Crippen molar-refractivity contribution in [3.63, 3.8) is 0 Å². The van der Waals surface area contributed by atoms with Crippen LogP contribution in [0.5, 0.6) is 0 Å². The lowest BCUT2D eigenvalue weighted by Crippen LogP contribution is -2.34. The first-order valence-corrected chi connectivity index (χ1v) is 10.3. The summed E-state index contributed by atoms with van der Waals surface area (Å²) in [4.78, 5) is 11.6. The predicted molar refractivity (Wildman–Crippen MR) is 108 cm³/mol. The highest BCUT2D eigenvalue weighted by Gasteiger charge is 2.29. The smallest absolute Gasteiger partial charge is 0.177 e. The Balaban J connectivity index is 1.35. The number of hydrogen-bond donors (Lipinski definition) is 0. The topological polar surface area (TPSA) is 72.1 Å². The first-order chi connectivity index (χ1) is 13.5. The summed E-state index contributed by atoms with van der Waals surface area (Å²) in [6, 6.07) is 6.12. The van der Waals surface area contributed by atoms with E-state index in [1.165, 1.54) is 12.8 Å². The van der Waals surface area contributed by atoms with E-state index in [0.29, 0.717) is 11.8 Å². The molecule has 7 heteroatoms. The van der Waals surface area contributed by atoms with E-state index in [1.54, 1.807) is 0 Å². The minimum Gasteiger partial charge on any atom is -0.356 e. The molecule has 146 valence electrons. The van der Waals surface area contributed by atoms with Gasteiger partial charge < -0.3 is 4.90 Å². The molecule has 5 rings (SSSR count). The molecular formula is C21H27N7. The van der Waals surface area contributed by atoms with Crippen molar-refractivity contribution >= 4 is 11.5 Å². The quantitative estimate of drug-likeness (QED) is 0.696. The fourth-order valence-electron chi connectivity index (χ4n) is 3.90. The number of fused-ring (bicyclic) bond motifs is 1. The van der Waals surface area contributed by atoms with Crippen LogP contribution >= 0.6 is 0 Å². The number of rotatable bonds is 3. The van der Waals surface area contributed by atoms with Crippen molar-refractivity contribution in [3.05, 3.63) is 41.7 Å². The van der Waals surface area contributed by atoms with Gasteiger partial charge in [0, 0.05) is 36.5 Å². The summed E-state index contributed by atoms with van der Waals surface area (Å²) in [7, 11) is 0. The van der Waals surface area contributed by atoms with Crippen LogP contribution in [0.1, 0.15) is 75.6 Å². The second-order valence-electron chi connectivity index (χ2n) is 9.11. The molecule has 7 nitrogen and oxygen atoms in total. The molecule has 28 heavy (non-hydrogen) atoms. The van der Waals surface area contributed by atoms with Crippen LogP contribution in [0.2, 0.25) is 0 Å². The molecule has 0 spiro atoms. The third-order valence-corrected chi connectivity index (χ3v) is 5.84. The molecule has 3 aromatic rings. The van der Waals surface area contributed by atoms with Crippen molar-refractivity contribution in [3.8, 4) is 0 Å². The van der Waals surface area contributed by atoms with E-state index in [1.807, 2.05) is 22.8 Å².